The van der Waals surface area contributed by atoms with Crippen LogP contribution in [0.5, 0.6) is 11.5 Å². The molecule has 0 bridgehead atoms. The normalized spacial score (nSPS) is 13.1. The molecule has 1 aromatic carbocycles. The smallest absolute Gasteiger partial charge is 0.332 e. The number of aromatic nitrogens is 4. The number of fused-ring (bicyclic) bond motifs is 2. The van der Waals surface area contributed by atoms with Crippen LogP contribution in [0.25, 0.3) is 23.3 Å². The van der Waals surface area contributed by atoms with Gasteiger partial charge in [-0.2, -0.15) is 0 Å². The fraction of sp³-hybridized carbons (Fsp3) is 0.278. The minimum absolute atomic E-state index is 0.205. The number of halogens is 1. The second-order valence-corrected chi connectivity index (χ2v) is 6.81. The molecule has 140 valence electrons. The Morgan fingerprint density at radius 1 is 1.15 bits per heavy atom. The Kier molecular flexibility index (Phi) is 4.39. The van der Waals surface area contributed by atoms with Gasteiger partial charge in [0.1, 0.15) is 11.3 Å². The number of nitrogens with zero attached hydrogens (tertiary/aromatic N) is 3. The van der Waals surface area contributed by atoms with Crippen molar-refractivity contribution in [2.75, 3.05) is 6.79 Å². The molecule has 0 amide bonds. The lowest BCUT2D eigenvalue weighted by atomic mass is 10.2. The average molecular weight is 433 g/mol. The SMILES string of the molecule is CCn1c(=O)c2[nH]c(/C=C/c3cc4c(cc3Br)OCO4)nc2n(CC)c1=O. The van der Waals surface area contributed by atoms with Gasteiger partial charge in [-0.25, -0.2) is 9.78 Å². The quantitative estimate of drug-likeness (QED) is 0.683. The molecule has 0 unspecified atom stereocenters. The van der Waals surface area contributed by atoms with Crippen molar-refractivity contribution < 1.29 is 9.47 Å². The summed E-state index contributed by atoms with van der Waals surface area (Å²) >= 11 is 3.50. The Balaban J connectivity index is 1.80. The molecule has 0 atom stereocenters. The summed E-state index contributed by atoms with van der Waals surface area (Å²) in [6.45, 7) is 4.55. The van der Waals surface area contributed by atoms with E-state index < -0.39 is 0 Å². The van der Waals surface area contributed by atoms with E-state index in [0.717, 1.165) is 10.0 Å². The fourth-order valence-electron chi connectivity index (χ4n) is 3.06. The molecule has 0 fully saturated rings. The maximum atomic E-state index is 12.5. The first kappa shape index (κ1) is 17.6. The van der Waals surface area contributed by atoms with Crippen LogP contribution >= 0.6 is 15.9 Å². The van der Waals surface area contributed by atoms with Crippen molar-refractivity contribution in [3.8, 4) is 11.5 Å². The van der Waals surface area contributed by atoms with E-state index >= 15 is 0 Å². The second kappa shape index (κ2) is 6.73. The third kappa shape index (κ3) is 2.87. The molecule has 0 saturated carbocycles. The molecule has 3 aromatic rings. The van der Waals surface area contributed by atoms with Crippen LogP contribution in [0.1, 0.15) is 25.2 Å². The summed E-state index contributed by atoms with van der Waals surface area (Å²) < 4.78 is 14.3. The third-order valence-corrected chi connectivity index (χ3v) is 5.11. The zero-order valence-electron chi connectivity index (χ0n) is 14.8. The number of hydrogen-bond donors (Lipinski definition) is 1. The maximum Gasteiger partial charge on any atom is 0.332 e. The van der Waals surface area contributed by atoms with Gasteiger partial charge in [-0.05, 0) is 37.6 Å². The Morgan fingerprint density at radius 3 is 2.56 bits per heavy atom. The predicted molar refractivity (Wildman–Crippen MR) is 105 cm³/mol. The van der Waals surface area contributed by atoms with E-state index in [1.54, 1.807) is 13.0 Å². The monoisotopic (exact) mass is 432 g/mol. The van der Waals surface area contributed by atoms with Crippen LogP contribution in [0.3, 0.4) is 0 Å². The van der Waals surface area contributed by atoms with Crippen LogP contribution in [-0.2, 0) is 13.1 Å². The first-order chi connectivity index (χ1) is 13.0. The van der Waals surface area contributed by atoms with Crippen molar-refractivity contribution in [3.63, 3.8) is 0 Å². The summed E-state index contributed by atoms with van der Waals surface area (Å²) in [5.41, 5.74) is 0.847. The summed E-state index contributed by atoms with van der Waals surface area (Å²) in [4.78, 5) is 32.4. The van der Waals surface area contributed by atoms with Crippen molar-refractivity contribution in [1.82, 2.24) is 19.1 Å². The molecule has 8 nitrogen and oxygen atoms in total. The molecule has 0 spiro atoms. The van der Waals surface area contributed by atoms with Gasteiger partial charge in [0.2, 0.25) is 6.79 Å². The van der Waals surface area contributed by atoms with Gasteiger partial charge < -0.3 is 14.5 Å². The highest BCUT2D eigenvalue weighted by Gasteiger charge is 2.16. The summed E-state index contributed by atoms with van der Waals surface area (Å²) in [6.07, 6.45) is 3.60. The molecule has 0 saturated heterocycles. The molecule has 0 radical (unpaired) electrons. The molecule has 1 aliphatic heterocycles. The molecule has 3 heterocycles. The van der Waals surface area contributed by atoms with Gasteiger partial charge in [-0.15, -0.1) is 0 Å². The molecular formula is C18H17BrN4O4. The van der Waals surface area contributed by atoms with Crippen LogP contribution < -0.4 is 20.7 Å². The molecule has 1 aliphatic rings. The minimum atomic E-state index is -0.362. The first-order valence-corrected chi connectivity index (χ1v) is 9.33. The van der Waals surface area contributed by atoms with Gasteiger partial charge in [-0.1, -0.05) is 22.0 Å². The van der Waals surface area contributed by atoms with E-state index in [4.69, 9.17) is 9.47 Å². The molecule has 9 heteroatoms. The van der Waals surface area contributed by atoms with Gasteiger partial charge in [0.15, 0.2) is 17.1 Å². The first-order valence-electron chi connectivity index (χ1n) is 8.54. The molecule has 0 aliphatic carbocycles. The summed E-state index contributed by atoms with van der Waals surface area (Å²) in [7, 11) is 0. The van der Waals surface area contributed by atoms with Gasteiger partial charge in [0.05, 0.1) is 0 Å². The number of H-pyrrole nitrogens is 1. The van der Waals surface area contributed by atoms with Crippen LogP contribution in [-0.4, -0.2) is 25.9 Å². The maximum absolute atomic E-state index is 12.5. The van der Waals surface area contributed by atoms with Crippen LogP contribution in [0, 0.1) is 0 Å². The zero-order valence-corrected chi connectivity index (χ0v) is 16.4. The van der Waals surface area contributed by atoms with Crippen LogP contribution in [0.15, 0.2) is 26.2 Å². The van der Waals surface area contributed by atoms with E-state index in [2.05, 4.69) is 25.9 Å². The van der Waals surface area contributed by atoms with E-state index in [1.807, 2.05) is 25.1 Å². The van der Waals surface area contributed by atoms with Gasteiger partial charge in [-0.3, -0.25) is 13.9 Å². The summed E-state index contributed by atoms with van der Waals surface area (Å²) in [5, 5.41) is 0. The number of imidazole rings is 1. The third-order valence-electron chi connectivity index (χ3n) is 4.42. The number of nitrogens with one attached hydrogen (secondary N) is 1. The van der Waals surface area contributed by atoms with Gasteiger partial charge in [0, 0.05) is 17.6 Å². The van der Waals surface area contributed by atoms with Gasteiger partial charge in [0.25, 0.3) is 5.56 Å². The summed E-state index contributed by atoms with van der Waals surface area (Å²) in [5.74, 6) is 1.85. The Hall–Kier alpha value is -2.81. The molecule has 1 N–H and O–H groups in total. The second-order valence-electron chi connectivity index (χ2n) is 5.96. The number of ether oxygens (including phenoxy) is 2. The topological polar surface area (TPSA) is 91.1 Å². The van der Waals surface area contributed by atoms with Crippen molar-refractivity contribution in [1.29, 1.82) is 0 Å². The number of hydrogen-bond acceptors (Lipinski definition) is 5. The number of aryl methyl sites for hydroxylation is 1. The molecule has 27 heavy (non-hydrogen) atoms. The van der Waals surface area contributed by atoms with E-state index in [9.17, 15) is 9.59 Å². The van der Waals surface area contributed by atoms with Crippen molar-refractivity contribution in [2.24, 2.45) is 0 Å². The largest absolute Gasteiger partial charge is 0.454 e. The van der Waals surface area contributed by atoms with Crippen molar-refractivity contribution >= 4 is 39.2 Å². The Labute approximate surface area is 162 Å². The lowest BCUT2D eigenvalue weighted by Gasteiger charge is -2.06. The van der Waals surface area contributed by atoms with Crippen molar-refractivity contribution in [3.05, 3.63) is 48.8 Å². The van der Waals surface area contributed by atoms with Gasteiger partial charge >= 0.3 is 5.69 Å². The zero-order chi connectivity index (χ0) is 19.1. The molecule has 4 rings (SSSR count). The van der Waals surface area contributed by atoms with Crippen molar-refractivity contribution in [2.45, 2.75) is 26.9 Å². The lowest BCUT2D eigenvalue weighted by Crippen LogP contribution is -2.39. The van der Waals surface area contributed by atoms with Crippen LogP contribution in [0.2, 0.25) is 0 Å². The molecular weight excluding hydrogens is 416 g/mol. The highest BCUT2D eigenvalue weighted by Crippen LogP contribution is 2.37. The van der Waals surface area contributed by atoms with E-state index in [1.165, 1.54) is 9.13 Å². The minimum Gasteiger partial charge on any atom is -0.454 e. The Morgan fingerprint density at radius 2 is 1.85 bits per heavy atom. The highest BCUT2D eigenvalue weighted by molar-refractivity contribution is 9.10. The predicted octanol–water partition coefficient (Wildman–Crippen LogP) is 2.59. The number of benzene rings is 1. The number of aromatic amines is 1. The number of rotatable bonds is 4. The lowest BCUT2D eigenvalue weighted by molar-refractivity contribution is 0.174. The van der Waals surface area contributed by atoms with Crippen LogP contribution in [0.4, 0.5) is 0 Å². The fourth-order valence-corrected chi connectivity index (χ4v) is 3.51. The summed E-state index contributed by atoms with van der Waals surface area (Å²) in [6, 6.07) is 3.70. The highest BCUT2D eigenvalue weighted by atomic mass is 79.9. The van der Waals surface area contributed by atoms with E-state index in [0.29, 0.717) is 41.6 Å². The Bertz CT molecular complexity index is 1190. The standard InChI is InChI=1S/C18H17BrN4O4/c1-3-22-16-15(17(24)23(4-2)18(22)25)20-14(21-16)6-5-10-7-12-13(8-11(10)19)27-9-26-12/h5-8H,3-4,9H2,1-2H3,(H,20,21)/b6-5+. The molecule has 2 aromatic heterocycles. The average Bonchev–Trinajstić information content (AvgIpc) is 3.27. The van der Waals surface area contributed by atoms with E-state index in [-0.39, 0.29) is 18.0 Å².